The SMILES string of the molecule is Cc1cc(C(=O)Nc2c(C)cccc2C)c2c(C)nn(Cc3ccccc3)c2n1. The quantitative estimate of drug-likeness (QED) is 0.541. The Hall–Kier alpha value is -3.47. The van der Waals surface area contributed by atoms with Crippen molar-refractivity contribution >= 4 is 22.6 Å². The zero-order chi connectivity index (χ0) is 20.5. The number of nitrogens with zero attached hydrogens (tertiary/aromatic N) is 3. The van der Waals surface area contributed by atoms with E-state index < -0.39 is 0 Å². The fourth-order valence-electron chi connectivity index (χ4n) is 3.72. The van der Waals surface area contributed by atoms with Crippen molar-refractivity contribution < 1.29 is 4.79 Å². The van der Waals surface area contributed by atoms with Gasteiger partial charge in [-0.15, -0.1) is 0 Å². The summed E-state index contributed by atoms with van der Waals surface area (Å²) in [5, 5.41) is 8.58. The third kappa shape index (κ3) is 3.63. The number of benzene rings is 2. The highest BCUT2D eigenvalue weighted by atomic mass is 16.1. The number of hydrogen-bond donors (Lipinski definition) is 1. The molecule has 4 aromatic rings. The number of hydrogen-bond acceptors (Lipinski definition) is 3. The summed E-state index contributed by atoms with van der Waals surface area (Å²) in [7, 11) is 0. The minimum atomic E-state index is -0.139. The summed E-state index contributed by atoms with van der Waals surface area (Å²) in [6.45, 7) is 8.44. The Morgan fingerprint density at radius 2 is 1.66 bits per heavy atom. The molecular formula is C24H24N4O. The molecule has 29 heavy (non-hydrogen) atoms. The summed E-state index contributed by atoms with van der Waals surface area (Å²) in [5.74, 6) is -0.139. The molecule has 0 aliphatic rings. The molecule has 0 atom stereocenters. The van der Waals surface area contributed by atoms with Gasteiger partial charge in [0.25, 0.3) is 5.91 Å². The van der Waals surface area contributed by atoms with E-state index >= 15 is 0 Å². The Balaban J connectivity index is 1.78. The van der Waals surface area contributed by atoms with E-state index in [0.717, 1.165) is 44.8 Å². The first-order valence-corrected chi connectivity index (χ1v) is 9.70. The molecule has 146 valence electrons. The van der Waals surface area contributed by atoms with Crippen molar-refractivity contribution in [2.75, 3.05) is 5.32 Å². The number of nitrogens with one attached hydrogen (secondary N) is 1. The molecule has 0 unspecified atom stereocenters. The highest BCUT2D eigenvalue weighted by Crippen LogP contribution is 2.26. The maximum absolute atomic E-state index is 13.2. The highest BCUT2D eigenvalue weighted by Gasteiger charge is 2.20. The molecular weight excluding hydrogens is 360 g/mol. The maximum Gasteiger partial charge on any atom is 0.256 e. The normalized spacial score (nSPS) is 11.0. The molecule has 2 aromatic heterocycles. The van der Waals surface area contributed by atoms with Gasteiger partial charge in [0.2, 0.25) is 0 Å². The van der Waals surface area contributed by atoms with Gasteiger partial charge in [0.1, 0.15) is 0 Å². The molecule has 5 nitrogen and oxygen atoms in total. The molecule has 1 amide bonds. The van der Waals surface area contributed by atoms with Crippen LogP contribution in [0.1, 0.15) is 38.4 Å². The van der Waals surface area contributed by atoms with E-state index in [-0.39, 0.29) is 5.91 Å². The standard InChI is InChI=1S/C24H24N4O/c1-15-9-8-10-16(2)22(15)26-24(29)20-13-17(3)25-23-21(20)18(4)27-28(23)14-19-11-6-5-7-12-19/h5-13H,14H2,1-4H3,(H,26,29). The second-order valence-electron chi connectivity index (χ2n) is 7.46. The van der Waals surface area contributed by atoms with E-state index in [1.54, 1.807) is 0 Å². The van der Waals surface area contributed by atoms with Crippen LogP contribution in [0, 0.1) is 27.7 Å². The number of fused-ring (bicyclic) bond motifs is 1. The predicted molar refractivity (Wildman–Crippen MR) is 116 cm³/mol. The fraction of sp³-hybridized carbons (Fsp3) is 0.208. The number of para-hydroxylation sites is 1. The number of carbonyl (C=O) groups excluding carboxylic acids is 1. The lowest BCUT2D eigenvalue weighted by Gasteiger charge is -2.12. The largest absolute Gasteiger partial charge is 0.321 e. The first-order chi connectivity index (χ1) is 13.9. The number of pyridine rings is 1. The molecule has 0 aliphatic heterocycles. The van der Waals surface area contributed by atoms with Crippen molar-refractivity contribution in [3.05, 3.63) is 88.2 Å². The molecule has 2 aromatic carbocycles. The van der Waals surface area contributed by atoms with E-state index in [9.17, 15) is 4.79 Å². The van der Waals surface area contributed by atoms with Gasteiger partial charge in [-0.25, -0.2) is 9.67 Å². The topological polar surface area (TPSA) is 59.8 Å². The number of rotatable bonds is 4. The van der Waals surface area contributed by atoms with Crippen LogP contribution in [0.25, 0.3) is 11.0 Å². The number of aromatic nitrogens is 3. The van der Waals surface area contributed by atoms with Crippen LogP contribution < -0.4 is 5.32 Å². The Morgan fingerprint density at radius 3 is 2.34 bits per heavy atom. The molecule has 5 heteroatoms. The van der Waals surface area contributed by atoms with Crippen molar-refractivity contribution in [2.45, 2.75) is 34.2 Å². The van der Waals surface area contributed by atoms with Crippen molar-refractivity contribution in [3.63, 3.8) is 0 Å². The molecule has 0 spiro atoms. The monoisotopic (exact) mass is 384 g/mol. The maximum atomic E-state index is 13.2. The van der Waals surface area contributed by atoms with Crippen LogP contribution in [-0.4, -0.2) is 20.7 Å². The van der Waals surface area contributed by atoms with Crippen LogP contribution in [0.4, 0.5) is 5.69 Å². The molecule has 0 aliphatic carbocycles. The number of carbonyl (C=O) groups is 1. The summed E-state index contributed by atoms with van der Waals surface area (Å²) in [6.07, 6.45) is 0. The van der Waals surface area contributed by atoms with Crippen LogP contribution in [0.5, 0.6) is 0 Å². The lowest BCUT2D eigenvalue weighted by molar-refractivity contribution is 0.102. The molecule has 4 rings (SSSR count). The van der Waals surface area contributed by atoms with Crippen LogP contribution >= 0.6 is 0 Å². The van der Waals surface area contributed by atoms with Gasteiger partial charge in [0.05, 0.1) is 23.2 Å². The summed E-state index contributed by atoms with van der Waals surface area (Å²) in [4.78, 5) is 17.9. The van der Waals surface area contributed by atoms with E-state index in [4.69, 9.17) is 4.98 Å². The van der Waals surface area contributed by atoms with Crippen LogP contribution in [-0.2, 0) is 6.54 Å². The molecule has 0 radical (unpaired) electrons. The predicted octanol–water partition coefficient (Wildman–Crippen LogP) is 4.97. The van der Waals surface area contributed by atoms with Gasteiger partial charge >= 0.3 is 0 Å². The Bertz CT molecular complexity index is 1190. The zero-order valence-electron chi connectivity index (χ0n) is 17.2. The zero-order valence-corrected chi connectivity index (χ0v) is 17.2. The molecule has 0 fully saturated rings. The number of aryl methyl sites for hydroxylation is 4. The van der Waals surface area contributed by atoms with E-state index in [0.29, 0.717) is 12.1 Å². The summed E-state index contributed by atoms with van der Waals surface area (Å²) < 4.78 is 1.88. The number of anilines is 1. The van der Waals surface area contributed by atoms with Gasteiger partial charge in [-0.1, -0.05) is 48.5 Å². The fourth-order valence-corrected chi connectivity index (χ4v) is 3.72. The lowest BCUT2D eigenvalue weighted by atomic mass is 10.1. The van der Waals surface area contributed by atoms with Crippen LogP contribution in [0.15, 0.2) is 54.6 Å². The smallest absolute Gasteiger partial charge is 0.256 e. The molecule has 0 bridgehead atoms. The van der Waals surface area contributed by atoms with Crippen molar-refractivity contribution in [1.29, 1.82) is 0 Å². The summed E-state index contributed by atoms with van der Waals surface area (Å²) in [6, 6.07) is 18.0. The Labute approximate surface area is 170 Å². The van der Waals surface area contributed by atoms with Crippen LogP contribution in [0.2, 0.25) is 0 Å². The first-order valence-electron chi connectivity index (χ1n) is 9.70. The molecule has 0 saturated carbocycles. The average molecular weight is 384 g/mol. The summed E-state index contributed by atoms with van der Waals surface area (Å²) in [5.41, 5.74) is 7.00. The highest BCUT2D eigenvalue weighted by molar-refractivity contribution is 6.13. The summed E-state index contributed by atoms with van der Waals surface area (Å²) >= 11 is 0. The van der Waals surface area contributed by atoms with Gasteiger partial charge in [-0.3, -0.25) is 4.79 Å². The van der Waals surface area contributed by atoms with Gasteiger partial charge in [-0.2, -0.15) is 5.10 Å². The second-order valence-corrected chi connectivity index (χ2v) is 7.46. The second kappa shape index (κ2) is 7.51. The van der Waals surface area contributed by atoms with Crippen LogP contribution in [0.3, 0.4) is 0 Å². The van der Waals surface area contributed by atoms with Crippen molar-refractivity contribution in [2.24, 2.45) is 0 Å². The van der Waals surface area contributed by atoms with Gasteiger partial charge in [-0.05, 0) is 50.5 Å². The van der Waals surface area contributed by atoms with Gasteiger partial charge < -0.3 is 5.32 Å². The van der Waals surface area contributed by atoms with E-state index in [1.165, 1.54) is 0 Å². The third-order valence-electron chi connectivity index (χ3n) is 5.14. The minimum absolute atomic E-state index is 0.139. The third-order valence-corrected chi connectivity index (χ3v) is 5.14. The Morgan fingerprint density at radius 1 is 0.966 bits per heavy atom. The first kappa shape index (κ1) is 18.9. The van der Waals surface area contributed by atoms with Gasteiger partial charge in [0, 0.05) is 11.4 Å². The molecule has 0 saturated heterocycles. The molecule has 2 heterocycles. The lowest BCUT2D eigenvalue weighted by Crippen LogP contribution is -2.15. The van der Waals surface area contributed by atoms with Crippen molar-refractivity contribution in [1.82, 2.24) is 14.8 Å². The van der Waals surface area contributed by atoms with E-state index in [1.807, 2.05) is 74.8 Å². The average Bonchev–Trinajstić information content (AvgIpc) is 3.00. The van der Waals surface area contributed by atoms with Gasteiger partial charge in [0.15, 0.2) is 5.65 Å². The Kier molecular flexibility index (Phi) is 4.89. The van der Waals surface area contributed by atoms with Crippen molar-refractivity contribution in [3.8, 4) is 0 Å². The van der Waals surface area contributed by atoms with E-state index in [2.05, 4.69) is 22.5 Å². The molecule has 1 N–H and O–H groups in total. The minimum Gasteiger partial charge on any atom is -0.321 e. The number of amides is 1.